The first-order valence-corrected chi connectivity index (χ1v) is 10.7. The average Bonchev–Trinajstić information content (AvgIpc) is 3.27. The number of nitrogens with one attached hydrogen (secondary N) is 3. The van der Waals surface area contributed by atoms with Crippen LogP contribution in [0.15, 0.2) is 29.4 Å². The van der Waals surface area contributed by atoms with Gasteiger partial charge in [-0.05, 0) is 44.2 Å². The Morgan fingerprint density at radius 1 is 1.17 bits per heavy atom. The minimum atomic E-state index is 0.655. The van der Waals surface area contributed by atoms with Crippen molar-refractivity contribution < 1.29 is 0 Å². The van der Waals surface area contributed by atoms with E-state index in [0.717, 1.165) is 44.0 Å². The Labute approximate surface area is 173 Å². The molecule has 3 rings (SSSR count). The van der Waals surface area contributed by atoms with Gasteiger partial charge in [0.2, 0.25) is 0 Å². The summed E-state index contributed by atoms with van der Waals surface area (Å²) < 4.78 is 2.00. The maximum atomic E-state index is 4.84. The molecule has 0 bridgehead atoms. The Balaban J connectivity index is 1.68. The van der Waals surface area contributed by atoms with Crippen molar-refractivity contribution >= 4 is 16.9 Å². The topological polar surface area (TPSA) is 70.0 Å². The van der Waals surface area contributed by atoms with Crippen LogP contribution in [0.4, 0.5) is 0 Å². The molecule has 0 radical (unpaired) electrons. The van der Waals surface area contributed by atoms with E-state index in [9.17, 15) is 0 Å². The molecule has 0 atom stereocenters. The number of aromatic nitrogens is 3. The number of aliphatic imine (C=N–C) groups is 1. The van der Waals surface area contributed by atoms with Gasteiger partial charge in [0.15, 0.2) is 5.96 Å². The number of nitrogens with zero attached hydrogens (tertiary/aromatic N) is 3. The van der Waals surface area contributed by atoms with Crippen molar-refractivity contribution in [3.05, 3.63) is 52.5 Å². The molecule has 2 heterocycles. The van der Waals surface area contributed by atoms with E-state index in [1.807, 2.05) is 11.7 Å². The van der Waals surface area contributed by atoms with Crippen molar-refractivity contribution in [3.63, 3.8) is 0 Å². The summed E-state index contributed by atoms with van der Waals surface area (Å²) in [4.78, 5) is 8.25. The van der Waals surface area contributed by atoms with Crippen molar-refractivity contribution in [3.8, 4) is 0 Å². The van der Waals surface area contributed by atoms with Crippen LogP contribution in [0.2, 0.25) is 0 Å². The zero-order valence-electron chi connectivity index (χ0n) is 18.4. The molecule has 0 saturated heterocycles. The SMILES string of the molecule is CCNC(=NCc1c(CC)nn(C)c1CC)NCCc1c[nH]c2c(C)cccc12. The fourth-order valence-electron chi connectivity index (χ4n) is 3.96. The van der Waals surface area contributed by atoms with Crippen molar-refractivity contribution in [1.29, 1.82) is 0 Å². The first-order valence-electron chi connectivity index (χ1n) is 10.7. The van der Waals surface area contributed by atoms with Gasteiger partial charge in [0.05, 0.1) is 12.2 Å². The lowest BCUT2D eigenvalue weighted by Gasteiger charge is -2.11. The Morgan fingerprint density at radius 2 is 2.00 bits per heavy atom. The van der Waals surface area contributed by atoms with E-state index in [1.165, 1.54) is 33.3 Å². The van der Waals surface area contributed by atoms with Crippen LogP contribution in [0.5, 0.6) is 0 Å². The first kappa shape index (κ1) is 21.0. The van der Waals surface area contributed by atoms with E-state index in [4.69, 9.17) is 4.99 Å². The van der Waals surface area contributed by atoms with E-state index in [2.05, 4.69) is 72.8 Å². The summed E-state index contributed by atoms with van der Waals surface area (Å²) in [5.74, 6) is 0.858. The first-order chi connectivity index (χ1) is 14.1. The normalized spacial score (nSPS) is 12.0. The highest BCUT2D eigenvalue weighted by Crippen LogP contribution is 2.21. The number of benzene rings is 1. The van der Waals surface area contributed by atoms with Gasteiger partial charge in [0, 0.05) is 48.5 Å². The molecule has 2 aromatic heterocycles. The van der Waals surface area contributed by atoms with E-state index in [0.29, 0.717) is 6.54 Å². The molecule has 3 N–H and O–H groups in total. The summed E-state index contributed by atoms with van der Waals surface area (Å²) in [6.07, 6.45) is 4.97. The second-order valence-electron chi connectivity index (χ2n) is 7.39. The molecular weight excluding hydrogens is 360 g/mol. The molecule has 0 unspecified atom stereocenters. The molecule has 0 spiro atoms. The molecule has 29 heavy (non-hydrogen) atoms. The third-order valence-corrected chi connectivity index (χ3v) is 5.46. The Hall–Kier alpha value is -2.76. The average molecular weight is 395 g/mol. The zero-order chi connectivity index (χ0) is 20.8. The number of guanidine groups is 1. The van der Waals surface area contributed by atoms with Crippen molar-refractivity contribution in [2.75, 3.05) is 13.1 Å². The largest absolute Gasteiger partial charge is 0.361 e. The van der Waals surface area contributed by atoms with Crippen LogP contribution in [0.3, 0.4) is 0 Å². The molecule has 0 fully saturated rings. The predicted molar refractivity (Wildman–Crippen MR) is 122 cm³/mol. The van der Waals surface area contributed by atoms with Crippen LogP contribution in [0, 0.1) is 6.92 Å². The summed E-state index contributed by atoms with van der Waals surface area (Å²) >= 11 is 0. The molecular formula is C23H34N6. The number of fused-ring (bicyclic) bond motifs is 1. The van der Waals surface area contributed by atoms with Gasteiger partial charge in [0.1, 0.15) is 0 Å². The maximum absolute atomic E-state index is 4.84. The quantitative estimate of drug-likeness (QED) is 0.404. The number of hydrogen-bond acceptors (Lipinski definition) is 2. The second kappa shape index (κ2) is 9.63. The number of rotatable bonds is 8. The lowest BCUT2D eigenvalue weighted by Crippen LogP contribution is -2.38. The minimum absolute atomic E-state index is 0.655. The molecule has 0 aliphatic rings. The molecule has 3 aromatic rings. The fourth-order valence-corrected chi connectivity index (χ4v) is 3.96. The molecule has 6 nitrogen and oxygen atoms in total. The van der Waals surface area contributed by atoms with E-state index < -0.39 is 0 Å². The fraction of sp³-hybridized carbons (Fsp3) is 0.478. The molecule has 156 valence electrons. The Morgan fingerprint density at radius 3 is 2.72 bits per heavy atom. The molecule has 0 saturated carbocycles. The van der Waals surface area contributed by atoms with Gasteiger partial charge < -0.3 is 15.6 Å². The molecule has 0 amide bonds. The van der Waals surface area contributed by atoms with Crippen molar-refractivity contribution in [1.82, 2.24) is 25.4 Å². The Bertz CT molecular complexity index is 979. The minimum Gasteiger partial charge on any atom is -0.361 e. The van der Waals surface area contributed by atoms with Gasteiger partial charge in [-0.3, -0.25) is 4.68 Å². The van der Waals surface area contributed by atoms with E-state index >= 15 is 0 Å². The zero-order valence-corrected chi connectivity index (χ0v) is 18.4. The summed E-state index contributed by atoms with van der Waals surface area (Å²) in [6.45, 7) is 10.9. The lowest BCUT2D eigenvalue weighted by molar-refractivity contribution is 0.703. The van der Waals surface area contributed by atoms with Gasteiger partial charge in [-0.1, -0.05) is 32.0 Å². The number of aryl methyl sites for hydroxylation is 3. The third kappa shape index (κ3) is 4.63. The van der Waals surface area contributed by atoms with Crippen LogP contribution in [-0.2, 0) is 32.9 Å². The van der Waals surface area contributed by atoms with Gasteiger partial charge in [-0.25, -0.2) is 4.99 Å². The van der Waals surface area contributed by atoms with E-state index in [-0.39, 0.29) is 0 Å². The highest BCUT2D eigenvalue weighted by molar-refractivity contribution is 5.86. The van der Waals surface area contributed by atoms with Crippen LogP contribution < -0.4 is 10.6 Å². The smallest absolute Gasteiger partial charge is 0.191 e. The van der Waals surface area contributed by atoms with Crippen LogP contribution in [0.1, 0.15) is 48.8 Å². The third-order valence-electron chi connectivity index (χ3n) is 5.46. The summed E-state index contributed by atoms with van der Waals surface area (Å²) in [7, 11) is 2.03. The van der Waals surface area contributed by atoms with Gasteiger partial charge in [0.25, 0.3) is 0 Å². The monoisotopic (exact) mass is 394 g/mol. The highest BCUT2D eigenvalue weighted by atomic mass is 15.3. The lowest BCUT2D eigenvalue weighted by atomic mass is 10.1. The number of aromatic amines is 1. The van der Waals surface area contributed by atoms with Gasteiger partial charge in [-0.15, -0.1) is 0 Å². The summed E-state index contributed by atoms with van der Waals surface area (Å²) in [6, 6.07) is 6.46. The molecule has 6 heteroatoms. The number of hydrogen-bond donors (Lipinski definition) is 3. The molecule has 1 aromatic carbocycles. The predicted octanol–water partition coefficient (Wildman–Crippen LogP) is 3.63. The van der Waals surface area contributed by atoms with Crippen molar-refractivity contribution in [2.24, 2.45) is 12.0 Å². The highest BCUT2D eigenvalue weighted by Gasteiger charge is 2.13. The summed E-state index contributed by atoms with van der Waals surface area (Å²) in [5.41, 5.74) is 7.54. The molecule has 0 aliphatic heterocycles. The second-order valence-corrected chi connectivity index (χ2v) is 7.39. The number of H-pyrrole nitrogens is 1. The molecule has 0 aliphatic carbocycles. The van der Waals surface area contributed by atoms with Crippen LogP contribution in [-0.4, -0.2) is 33.8 Å². The summed E-state index contributed by atoms with van der Waals surface area (Å²) in [5, 5.41) is 12.8. The van der Waals surface area contributed by atoms with Crippen molar-refractivity contribution in [2.45, 2.75) is 53.5 Å². The standard InChI is InChI=1S/C23H34N6/c1-6-20-19(21(7-2)29(5)28-20)15-27-23(24-8-3)25-13-12-17-14-26-22-16(4)10-9-11-18(17)22/h9-11,14,26H,6-8,12-13,15H2,1-5H3,(H2,24,25,27). The van der Waals surface area contributed by atoms with Gasteiger partial charge >= 0.3 is 0 Å². The Kier molecular flexibility index (Phi) is 6.96. The maximum Gasteiger partial charge on any atom is 0.191 e. The van der Waals surface area contributed by atoms with Crippen LogP contribution >= 0.6 is 0 Å². The van der Waals surface area contributed by atoms with E-state index in [1.54, 1.807) is 0 Å². The van der Waals surface area contributed by atoms with Crippen LogP contribution in [0.25, 0.3) is 10.9 Å². The number of para-hydroxylation sites is 1. The van der Waals surface area contributed by atoms with Gasteiger partial charge in [-0.2, -0.15) is 5.10 Å².